The van der Waals surface area contributed by atoms with Crippen molar-refractivity contribution in [3.05, 3.63) is 64.3 Å². The van der Waals surface area contributed by atoms with Crippen LogP contribution in [0.2, 0.25) is 0 Å². The van der Waals surface area contributed by atoms with E-state index in [1.165, 1.54) is 102 Å². The van der Waals surface area contributed by atoms with Crippen LogP contribution in [0, 0.1) is 0 Å². The standard InChI is InChI=1S/C36H54O5/c1-3-5-7-8-9-10-11-12-13-14-15-16-17-18-19-20-30-40-33-25-27-34(37)35(28-26-33)41-36(38)31-21-23-32(24-22-31)39-29-6-4-2/h21-28H,3-20,29-30H2,1-2H3. The van der Waals surface area contributed by atoms with E-state index in [1.807, 2.05) is 0 Å². The second kappa shape index (κ2) is 22.8. The lowest BCUT2D eigenvalue weighted by atomic mass is 10.0. The van der Waals surface area contributed by atoms with E-state index in [2.05, 4.69) is 13.8 Å². The van der Waals surface area contributed by atoms with Crippen molar-refractivity contribution in [2.75, 3.05) is 13.2 Å². The molecule has 0 amide bonds. The van der Waals surface area contributed by atoms with Gasteiger partial charge < -0.3 is 14.2 Å². The third kappa shape index (κ3) is 16.3. The van der Waals surface area contributed by atoms with Gasteiger partial charge in [0.2, 0.25) is 5.43 Å². The van der Waals surface area contributed by atoms with Gasteiger partial charge in [-0.3, -0.25) is 4.79 Å². The van der Waals surface area contributed by atoms with Crippen LogP contribution in [0.4, 0.5) is 0 Å². The Morgan fingerprint density at radius 2 is 0.927 bits per heavy atom. The van der Waals surface area contributed by atoms with Crippen molar-refractivity contribution >= 4 is 5.97 Å². The molecule has 0 aliphatic heterocycles. The number of hydrogen-bond donors (Lipinski definition) is 0. The fourth-order valence-corrected chi connectivity index (χ4v) is 4.74. The van der Waals surface area contributed by atoms with Gasteiger partial charge in [0.25, 0.3) is 0 Å². The Labute approximate surface area is 249 Å². The first-order chi connectivity index (χ1) is 20.1. The van der Waals surface area contributed by atoms with Gasteiger partial charge in [0.1, 0.15) is 11.5 Å². The number of ether oxygens (including phenoxy) is 3. The average molecular weight is 567 g/mol. The number of carbonyl (C=O) groups excluding carboxylic acids is 1. The smallest absolute Gasteiger partial charge is 0.343 e. The van der Waals surface area contributed by atoms with E-state index in [0.29, 0.717) is 30.3 Å². The van der Waals surface area contributed by atoms with E-state index in [9.17, 15) is 9.59 Å². The molecule has 0 atom stereocenters. The van der Waals surface area contributed by atoms with E-state index in [4.69, 9.17) is 14.2 Å². The molecule has 5 heteroatoms. The molecule has 41 heavy (non-hydrogen) atoms. The predicted molar refractivity (Wildman–Crippen MR) is 170 cm³/mol. The third-order valence-corrected chi connectivity index (χ3v) is 7.37. The molecule has 0 N–H and O–H groups in total. The molecule has 0 bridgehead atoms. The van der Waals surface area contributed by atoms with E-state index in [0.717, 1.165) is 25.7 Å². The van der Waals surface area contributed by atoms with E-state index in [1.54, 1.807) is 36.4 Å². The third-order valence-electron chi connectivity index (χ3n) is 7.37. The number of benzene rings is 1. The number of carbonyl (C=O) groups is 1. The van der Waals surface area contributed by atoms with Crippen molar-refractivity contribution in [1.82, 2.24) is 0 Å². The molecule has 2 aromatic rings. The summed E-state index contributed by atoms with van der Waals surface area (Å²) in [7, 11) is 0. The second-order valence-electron chi connectivity index (χ2n) is 11.1. The number of esters is 1. The highest BCUT2D eigenvalue weighted by Gasteiger charge is 2.11. The van der Waals surface area contributed by atoms with Crippen LogP contribution in [-0.4, -0.2) is 19.2 Å². The minimum atomic E-state index is -0.580. The number of unbranched alkanes of at least 4 members (excludes halogenated alkanes) is 16. The molecule has 0 aliphatic carbocycles. The van der Waals surface area contributed by atoms with Crippen LogP contribution in [0.1, 0.15) is 140 Å². The predicted octanol–water partition coefficient (Wildman–Crippen LogP) is 10.1. The van der Waals surface area contributed by atoms with Crippen LogP contribution < -0.4 is 19.6 Å². The van der Waals surface area contributed by atoms with Crippen molar-refractivity contribution in [3.63, 3.8) is 0 Å². The largest absolute Gasteiger partial charge is 0.494 e. The molecule has 228 valence electrons. The minimum absolute atomic E-state index is 0.0180. The van der Waals surface area contributed by atoms with Crippen LogP contribution in [0.5, 0.6) is 17.2 Å². The SMILES string of the molecule is CCCCCCCCCCCCCCCCCCOc1ccc(OC(=O)c2ccc(OCCCC)cc2)c(=O)cc1. The van der Waals surface area contributed by atoms with Crippen molar-refractivity contribution in [1.29, 1.82) is 0 Å². The van der Waals surface area contributed by atoms with Crippen molar-refractivity contribution in [2.24, 2.45) is 0 Å². The first-order valence-electron chi connectivity index (χ1n) is 16.4. The summed E-state index contributed by atoms with van der Waals surface area (Å²) in [6.45, 7) is 5.63. The summed E-state index contributed by atoms with van der Waals surface area (Å²) in [5, 5.41) is 0. The molecule has 0 radical (unpaired) electrons. The van der Waals surface area contributed by atoms with Crippen LogP contribution in [0.25, 0.3) is 0 Å². The van der Waals surface area contributed by atoms with E-state index < -0.39 is 5.97 Å². The van der Waals surface area contributed by atoms with Gasteiger partial charge in [-0.1, -0.05) is 117 Å². The van der Waals surface area contributed by atoms with Crippen molar-refractivity contribution in [2.45, 2.75) is 129 Å². The van der Waals surface area contributed by atoms with Gasteiger partial charge in [0.15, 0.2) is 5.75 Å². The summed E-state index contributed by atoms with van der Waals surface area (Å²) in [5.74, 6) is 0.704. The second-order valence-corrected chi connectivity index (χ2v) is 11.1. The monoisotopic (exact) mass is 566 g/mol. The average Bonchev–Trinajstić information content (AvgIpc) is 3.16. The fraction of sp³-hybridized carbons (Fsp3) is 0.611. The molecule has 0 aliphatic rings. The molecule has 0 aromatic heterocycles. The molecule has 0 saturated heterocycles. The Balaban J connectivity index is 1.55. The Bertz CT molecular complexity index is 1000. The quantitative estimate of drug-likeness (QED) is 0.0934. The first kappa shape index (κ1) is 34.4. The minimum Gasteiger partial charge on any atom is -0.494 e. The molecule has 0 saturated carbocycles. The molecule has 5 nitrogen and oxygen atoms in total. The Morgan fingerprint density at radius 3 is 1.44 bits per heavy atom. The molecule has 2 rings (SSSR count). The lowest BCUT2D eigenvalue weighted by Crippen LogP contribution is -2.13. The maximum atomic E-state index is 12.5. The highest BCUT2D eigenvalue weighted by molar-refractivity contribution is 5.91. The molecular formula is C36H54O5. The van der Waals surface area contributed by atoms with Crippen molar-refractivity contribution in [3.8, 4) is 17.2 Å². The van der Waals surface area contributed by atoms with Gasteiger partial charge in [0, 0.05) is 0 Å². The first-order valence-corrected chi connectivity index (χ1v) is 16.4. The Hall–Kier alpha value is -2.82. The normalized spacial score (nSPS) is 10.9. The molecular weight excluding hydrogens is 512 g/mol. The highest BCUT2D eigenvalue weighted by atomic mass is 16.5. The fourth-order valence-electron chi connectivity index (χ4n) is 4.74. The summed E-state index contributed by atoms with van der Waals surface area (Å²) in [6, 6.07) is 13.0. The van der Waals surface area contributed by atoms with E-state index >= 15 is 0 Å². The summed E-state index contributed by atoms with van der Waals surface area (Å²) < 4.78 is 16.8. The van der Waals surface area contributed by atoms with Gasteiger partial charge in [-0.2, -0.15) is 0 Å². The maximum Gasteiger partial charge on any atom is 0.343 e. The lowest BCUT2D eigenvalue weighted by Gasteiger charge is -2.06. The molecule has 2 aromatic carbocycles. The summed E-state index contributed by atoms with van der Waals surface area (Å²) in [5.41, 5.74) is -0.00570. The zero-order valence-electron chi connectivity index (χ0n) is 25.8. The summed E-state index contributed by atoms with van der Waals surface area (Å²) in [6.07, 6.45) is 23.4. The number of hydrogen-bond acceptors (Lipinski definition) is 5. The maximum absolute atomic E-state index is 12.5. The van der Waals surface area contributed by atoms with Gasteiger partial charge in [0.05, 0.1) is 18.8 Å². The van der Waals surface area contributed by atoms with Gasteiger partial charge >= 0.3 is 5.97 Å². The van der Waals surface area contributed by atoms with Crippen LogP contribution in [0.3, 0.4) is 0 Å². The Morgan fingerprint density at radius 1 is 0.512 bits per heavy atom. The molecule has 0 spiro atoms. The Kier molecular flexibility index (Phi) is 19.1. The van der Waals surface area contributed by atoms with Crippen LogP contribution >= 0.6 is 0 Å². The zero-order valence-corrected chi connectivity index (χ0v) is 25.8. The summed E-state index contributed by atoms with van der Waals surface area (Å²) in [4.78, 5) is 25.0. The lowest BCUT2D eigenvalue weighted by molar-refractivity contribution is 0.0733. The van der Waals surface area contributed by atoms with Gasteiger partial charge in [-0.05, 0) is 61.4 Å². The van der Waals surface area contributed by atoms with Gasteiger partial charge in [-0.15, -0.1) is 0 Å². The zero-order chi connectivity index (χ0) is 29.4. The summed E-state index contributed by atoms with van der Waals surface area (Å²) >= 11 is 0. The van der Waals surface area contributed by atoms with Crippen molar-refractivity contribution < 1.29 is 19.0 Å². The molecule has 0 heterocycles. The molecule has 0 fully saturated rings. The van der Waals surface area contributed by atoms with E-state index in [-0.39, 0.29) is 11.2 Å². The topological polar surface area (TPSA) is 61.8 Å². The van der Waals surface area contributed by atoms with Gasteiger partial charge in [-0.25, -0.2) is 4.79 Å². The van der Waals surface area contributed by atoms with Crippen LogP contribution in [-0.2, 0) is 0 Å². The highest BCUT2D eigenvalue weighted by Crippen LogP contribution is 2.17. The number of rotatable bonds is 24. The molecule has 0 unspecified atom stereocenters. The van der Waals surface area contributed by atoms with Crippen LogP contribution in [0.15, 0.2) is 53.3 Å².